The summed E-state index contributed by atoms with van der Waals surface area (Å²) in [6.07, 6.45) is 7.98. The van der Waals surface area contributed by atoms with E-state index in [1.54, 1.807) is 41.9 Å². The van der Waals surface area contributed by atoms with Crippen molar-refractivity contribution in [2.45, 2.75) is 89.2 Å². The van der Waals surface area contributed by atoms with Gasteiger partial charge in [0.25, 0.3) is 0 Å². The minimum Gasteiger partial charge on any atom is -0.494 e. The number of esters is 1. The number of hydroxylamine groups is 1. The van der Waals surface area contributed by atoms with E-state index in [0.29, 0.717) is 49.3 Å². The third-order valence-electron chi connectivity index (χ3n) is 6.88. The molecule has 1 atom stereocenters. The lowest BCUT2D eigenvalue weighted by molar-refractivity contribution is -0.153. The second-order valence-electron chi connectivity index (χ2n) is 10.2. The van der Waals surface area contributed by atoms with E-state index in [0.717, 1.165) is 38.5 Å². The van der Waals surface area contributed by atoms with Crippen LogP contribution in [0.4, 0.5) is 5.69 Å². The number of ether oxygens (including phenoxy) is 2. The summed E-state index contributed by atoms with van der Waals surface area (Å²) < 4.78 is 11.5. The first-order valence-electron chi connectivity index (χ1n) is 14.4. The average molecular weight is 568 g/mol. The lowest BCUT2D eigenvalue weighted by Gasteiger charge is -2.20. The van der Waals surface area contributed by atoms with Crippen LogP contribution in [0.2, 0.25) is 0 Å². The molecule has 1 fully saturated rings. The number of anilines is 1. The van der Waals surface area contributed by atoms with Gasteiger partial charge in [0.05, 0.1) is 6.61 Å². The van der Waals surface area contributed by atoms with Crippen molar-refractivity contribution in [2.24, 2.45) is 0 Å². The molecule has 0 bridgehead atoms. The van der Waals surface area contributed by atoms with Crippen LogP contribution in [-0.4, -0.2) is 41.6 Å². The predicted octanol–water partition coefficient (Wildman–Crippen LogP) is 4.97. The van der Waals surface area contributed by atoms with Crippen molar-refractivity contribution in [3.63, 3.8) is 0 Å². The molecule has 0 aliphatic heterocycles. The van der Waals surface area contributed by atoms with Gasteiger partial charge in [-0.15, -0.1) is 0 Å². The standard InChI is InChI=1S/C31H41N3O7/c35-27(18-6-1-2-7-19-29(37)34-39)32-24-14-10-17-26(22-24)40-21-11-20-28(36)33-30(23-12-4-3-5-13-23)31(38)41-25-15-8-9-16-25/h3-5,10,12-14,17,22,25,30,39H,1-2,6-9,11,15-16,18-21H2,(H,32,35)(H,33,36)(H,34,37)/t30-/m0/s1. The van der Waals surface area contributed by atoms with Crippen LogP contribution in [0.25, 0.3) is 0 Å². The Morgan fingerprint density at radius 1 is 0.805 bits per heavy atom. The van der Waals surface area contributed by atoms with E-state index < -0.39 is 17.9 Å². The Morgan fingerprint density at radius 2 is 1.49 bits per heavy atom. The lowest BCUT2D eigenvalue weighted by Crippen LogP contribution is -2.36. The quantitative estimate of drug-likeness (QED) is 0.0914. The Hall–Kier alpha value is -3.92. The number of hydrogen-bond acceptors (Lipinski definition) is 7. The van der Waals surface area contributed by atoms with E-state index in [4.69, 9.17) is 14.7 Å². The van der Waals surface area contributed by atoms with Crippen molar-refractivity contribution in [1.82, 2.24) is 10.8 Å². The number of nitrogens with one attached hydrogen (secondary N) is 3. The molecule has 3 rings (SSSR count). The van der Waals surface area contributed by atoms with Crippen molar-refractivity contribution in [2.75, 3.05) is 11.9 Å². The minimum atomic E-state index is -0.849. The zero-order valence-electron chi connectivity index (χ0n) is 23.4. The van der Waals surface area contributed by atoms with Gasteiger partial charge in [-0.25, -0.2) is 10.3 Å². The van der Waals surface area contributed by atoms with Crippen LogP contribution < -0.4 is 20.9 Å². The minimum absolute atomic E-state index is 0.0848. The molecule has 2 aromatic carbocycles. The van der Waals surface area contributed by atoms with Crippen LogP contribution in [0.15, 0.2) is 54.6 Å². The molecule has 1 aliphatic carbocycles. The van der Waals surface area contributed by atoms with Gasteiger partial charge in [-0.05, 0) is 62.6 Å². The van der Waals surface area contributed by atoms with Crippen LogP contribution in [0, 0.1) is 0 Å². The van der Waals surface area contributed by atoms with Gasteiger partial charge in [-0.3, -0.25) is 19.6 Å². The number of benzene rings is 2. The van der Waals surface area contributed by atoms with Gasteiger partial charge in [0, 0.05) is 31.0 Å². The molecule has 10 heteroatoms. The zero-order chi connectivity index (χ0) is 29.3. The Labute approximate surface area is 241 Å². The van der Waals surface area contributed by atoms with E-state index >= 15 is 0 Å². The third-order valence-corrected chi connectivity index (χ3v) is 6.88. The van der Waals surface area contributed by atoms with Crippen molar-refractivity contribution >= 4 is 29.4 Å². The fraction of sp³-hybridized carbons (Fsp3) is 0.484. The summed E-state index contributed by atoms with van der Waals surface area (Å²) >= 11 is 0. The van der Waals surface area contributed by atoms with Crippen LogP contribution in [-0.2, 0) is 23.9 Å². The summed E-state index contributed by atoms with van der Waals surface area (Å²) in [6.45, 7) is 0.293. The lowest BCUT2D eigenvalue weighted by atomic mass is 10.1. The van der Waals surface area contributed by atoms with Gasteiger partial charge < -0.3 is 20.1 Å². The summed E-state index contributed by atoms with van der Waals surface area (Å²) in [4.78, 5) is 48.8. The maximum Gasteiger partial charge on any atom is 0.333 e. The van der Waals surface area contributed by atoms with Gasteiger partial charge in [-0.1, -0.05) is 49.2 Å². The first-order valence-corrected chi connectivity index (χ1v) is 14.4. The molecule has 0 spiro atoms. The number of hydrogen-bond donors (Lipinski definition) is 4. The van der Waals surface area contributed by atoms with E-state index in [1.165, 1.54) is 0 Å². The highest BCUT2D eigenvalue weighted by atomic mass is 16.5. The summed E-state index contributed by atoms with van der Waals surface area (Å²) in [7, 11) is 0. The van der Waals surface area contributed by atoms with Gasteiger partial charge in [0.15, 0.2) is 6.04 Å². The zero-order valence-corrected chi connectivity index (χ0v) is 23.4. The van der Waals surface area contributed by atoms with Gasteiger partial charge in [0.1, 0.15) is 11.9 Å². The molecule has 2 aromatic rings. The molecule has 0 heterocycles. The van der Waals surface area contributed by atoms with Crippen LogP contribution >= 0.6 is 0 Å². The number of rotatable bonds is 17. The number of carbonyl (C=O) groups is 4. The second kappa shape index (κ2) is 17.7. The van der Waals surface area contributed by atoms with Crippen molar-refractivity contribution in [3.05, 3.63) is 60.2 Å². The van der Waals surface area contributed by atoms with E-state index in [2.05, 4.69) is 10.6 Å². The summed E-state index contributed by atoms with van der Waals surface area (Å²) in [5.74, 6) is -0.623. The third kappa shape index (κ3) is 12.0. The number of amides is 3. The summed E-state index contributed by atoms with van der Waals surface area (Å²) in [5.41, 5.74) is 2.91. The molecule has 10 nitrogen and oxygen atoms in total. The molecule has 3 amide bonds. The molecule has 0 saturated heterocycles. The monoisotopic (exact) mass is 567 g/mol. The molecule has 4 N–H and O–H groups in total. The van der Waals surface area contributed by atoms with Gasteiger partial charge in [0.2, 0.25) is 17.7 Å². The van der Waals surface area contributed by atoms with Crippen molar-refractivity contribution in [1.29, 1.82) is 0 Å². The van der Waals surface area contributed by atoms with E-state index in [1.807, 2.05) is 18.2 Å². The smallest absolute Gasteiger partial charge is 0.333 e. The first kappa shape index (κ1) is 31.6. The highest BCUT2D eigenvalue weighted by Gasteiger charge is 2.28. The molecule has 0 radical (unpaired) electrons. The Kier molecular flexibility index (Phi) is 13.6. The second-order valence-corrected chi connectivity index (χ2v) is 10.2. The molecule has 1 aliphatic rings. The van der Waals surface area contributed by atoms with Crippen LogP contribution in [0.5, 0.6) is 5.75 Å². The molecule has 222 valence electrons. The maximum absolute atomic E-state index is 12.9. The summed E-state index contributed by atoms with van der Waals surface area (Å²) in [5, 5.41) is 14.2. The van der Waals surface area contributed by atoms with Gasteiger partial charge >= 0.3 is 5.97 Å². The van der Waals surface area contributed by atoms with E-state index in [9.17, 15) is 19.2 Å². The first-order chi connectivity index (χ1) is 19.9. The van der Waals surface area contributed by atoms with Gasteiger partial charge in [-0.2, -0.15) is 0 Å². The normalized spacial score (nSPS) is 13.7. The maximum atomic E-state index is 12.9. The fourth-order valence-electron chi connectivity index (χ4n) is 4.69. The van der Waals surface area contributed by atoms with Crippen molar-refractivity contribution < 1.29 is 33.9 Å². The van der Waals surface area contributed by atoms with Crippen LogP contribution in [0.1, 0.15) is 88.7 Å². The van der Waals surface area contributed by atoms with Crippen LogP contribution in [0.3, 0.4) is 0 Å². The topological polar surface area (TPSA) is 143 Å². The molecular weight excluding hydrogens is 526 g/mol. The SMILES string of the molecule is O=C(CCCCCCC(=O)Nc1cccc(OCCCC(=O)N[C@H](C(=O)OC2CCCC2)c2ccccc2)c1)NO. The largest absolute Gasteiger partial charge is 0.494 e. The number of carbonyl (C=O) groups excluding carboxylic acids is 4. The highest BCUT2D eigenvalue weighted by Crippen LogP contribution is 2.24. The Morgan fingerprint density at radius 3 is 2.20 bits per heavy atom. The number of unbranched alkanes of at least 4 members (excludes halogenated alkanes) is 3. The molecule has 0 aromatic heterocycles. The Balaban J connectivity index is 1.37. The van der Waals surface area contributed by atoms with E-state index in [-0.39, 0.29) is 30.8 Å². The predicted molar refractivity (Wildman–Crippen MR) is 153 cm³/mol. The molecular formula is C31H41N3O7. The molecule has 41 heavy (non-hydrogen) atoms. The average Bonchev–Trinajstić information content (AvgIpc) is 3.49. The van der Waals surface area contributed by atoms with Crippen molar-refractivity contribution in [3.8, 4) is 5.75 Å². The Bertz CT molecular complexity index is 1120. The summed E-state index contributed by atoms with van der Waals surface area (Å²) in [6, 6.07) is 15.3. The molecule has 1 saturated carbocycles. The molecule has 0 unspecified atom stereocenters. The highest BCUT2D eigenvalue weighted by molar-refractivity contribution is 5.90. The fourth-order valence-corrected chi connectivity index (χ4v) is 4.69.